The third-order valence-electron chi connectivity index (χ3n) is 13.1. The number of pyridine rings is 1. The van der Waals surface area contributed by atoms with Gasteiger partial charge >= 0.3 is 0 Å². The van der Waals surface area contributed by atoms with Crippen molar-refractivity contribution in [2.24, 2.45) is 16.7 Å². The molecular formula is C50H63N7O7. The summed E-state index contributed by atoms with van der Waals surface area (Å²) < 4.78 is 13.4. The second kappa shape index (κ2) is 19.1. The van der Waals surface area contributed by atoms with Gasteiger partial charge < -0.3 is 29.2 Å². The summed E-state index contributed by atoms with van der Waals surface area (Å²) >= 11 is 0. The Morgan fingerprint density at radius 3 is 2.45 bits per heavy atom. The quantitative estimate of drug-likeness (QED) is 0.0710. The maximum absolute atomic E-state index is 14.3. The highest BCUT2D eigenvalue weighted by Crippen LogP contribution is 2.44. The zero-order chi connectivity index (χ0) is 45.9. The summed E-state index contributed by atoms with van der Waals surface area (Å²) in [5.74, 6) is -1.19. The standard InChI is InChI=1S/C50H63N7O7/c1-9-42(59)54-27-50(28-54)29-56(48(50)62)44(32(3)4)46(60)53-40(47(61)57-22-12-11-21-52-57)24-34-15-13-16-35(23-34)36-18-19-41-38(25-36)39(26-49(6,7)30-64-31-58)45(55(41)10-2)37-17-14-20-51-43(37)33(5)63-8/h9,13-20,23,25,31-33,40,44,52H,1,10-12,21-22,24,26-30H2,2-8H3,(H,53,60). The summed E-state index contributed by atoms with van der Waals surface area (Å²) in [5, 5.41) is 5.78. The maximum atomic E-state index is 14.3. The average Bonchev–Trinajstić information content (AvgIpc) is 3.59. The van der Waals surface area contributed by atoms with Crippen LogP contribution in [0.2, 0.25) is 0 Å². The molecule has 4 aromatic rings. The molecule has 3 saturated heterocycles. The lowest BCUT2D eigenvalue weighted by Crippen LogP contribution is -2.78. The third kappa shape index (κ3) is 9.08. The number of nitrogens with one attached hydrogen (secondary N) is 2. The summed E-state index contributed by atoms with van der Waals surface area (Å²) in [6.07, 6.45) is 5.42. The Labute approximate surface area is 376 Å². The molecule has 3 aliphatic heterocycles. The van der Waals surface area contributed by atoms with Crippen molar-refractivity contribution >= 4 is 41.0 Å². The van der Waals surface area contributed by atoms with E-state index in [4.69, 9.17) is 14.5 Å². The highest BCUT2D eigenvalue weighted by molar-refractivity contribution is 5.99. The molecule has 2 aromatic carbocycles. The fourth-order valence-corrected chi connectivity index (χ4v) is 9.81. The Morgan fingerprint density at radius 2 is 1.80 bits per heavy atom. The van der Waals surface area contributed by atoms with E-state index in [1.54, 1.807) is 28.1 Å². The molecule has 1 spiro atoms. The number of fused-ring (bicyclic) bond motifs is 1. The number of carbonyl (C=O) groups is 5. The molecule has 7 rings (SSSR count). The van der Waals surface area contributed by atoms with Gasteiger partial charge in [0, 0.05) is 80.9 Å². The number of β-lactam (4-membered cyclic amide) rings is 1. The van der Waals surface area contributed by atoms with Gasteiger partial charge in [0.1, 0.15) is 17.5 Å². The number of methoxy groups -OCH3 is 1. The van der Waals surface area contributed by atoms with E-state index in [2.05, 4.69) is 79.1 Å². The number of hydrogen-bond donors (Lipinski definition) is 2. The van der Waals surface area contributed by atoms with E-state index in [-0.39, 0.29) is 48.7 Å². The Morgan fingerprint density at radius 1 is 1.03 bits per heavy atom. The number of ether oxygens (including phenoxy) is 2. The fraction of sp³-hybridized carbons (Fsp3) is 0.480. The first-order valence-corrected chi connectivity index (χ1v) is 22.5. The van der Waals surface area contributed by atoms with E-state index in [1.807, 2.05) is 39.0 Å². The van der Waals surface area contributed by atoms with E-state index in [0.717, 1.165) is 62.9 Å². The molecule has 14 nitrogen and oxygen atoms in total. The Bertz CT molecular complexity index is 2410. The van der Waals surface area contributed by atoms with E-state index in [9.17, 15) is 24.0 Å². The topological polar surface area (TPSA) is 155 Å². The highest BCUT2D eigenvalue weighted by Gasteiger charge is 2.62. The van der Waals surface area contributed by atoms with Gasteiger partial charge in [-0.3, -0.25) is 34.0 Å². The van der Waals surface area contributed by atoms with Crippen LogP contribution >= 0.6 is 0 Å². The van der Waals surface area contributed by atoms with Gasteiger partial charge in [0.15, 0.2) is 0 Å². The molecule has 3 aliphatic rings. The van der Waals surface area contributed by atoms with Crippen LogP contribution in [0.25, 0.3) is 33.3 Å². The molecule has 14 heteroatoms. The van der Waals surface area contributed by atoms with Crippen LogP contribution in [0.5, 0.6) is 0 Å². The van der Waals surface area contributed by atoms with Crippen LogP contribution in [0.3, 0.4) is 0 Å². The Balaban J connectivity index is 1.21. The summed E-state index contributed by atoms with van der Waals surface area (Å²) in [4.78, 5) is 73.7. The number of amides is 4. The number of benzene rings is 2. The van der Waals surface area contributed by atoms with Crippen molar-refractivity contribution in [1.29, 1.82) is 0 Å². The van der Waals surface area contributed by atoms with Crippen molar-refractivity contribution in [2.45, 2.75) is 92.0 Å². The first-order valence-electron chi connectivity index (χ1n) is 22.5. The number of aryl methyl sites for hydroxylation is 1. The van der Waals surface area contributed by atoms with Crippen molar-refractivity contribution in [3.8, 4) is 22.4 Å². The van der Waals surface area contributed by atoms with Crippen LogP contribution in [0.4, 0.5) is 0 Å². The minimum atomic E-state index is -0.904. The highest BCUT2D eigenvalue weighted by atomic mass is 16.5. The number of rotatable bonds is 18. The lowest BCUT2D eigenvalue weighted by Gasteiger charge is -2.60. The predicted molar refractivity (Wildman–Crippen MR) is 245 cm³/mol. The van der Waals surface area contributed by atoms with Crippen molar-refractivity contribution in [3.63, 3.8) is 0 Å². The van der Waals surface area contributed by atoms with Gasteiger partial charge in [-0.1, -0.05) is 64.6 Å². The second-order valence-corrected chi connectivity index (χ2v) is 18.7. The van der Waals surface area contributed by atoms with Crippen LogP contribution < -0.4 is 10.7 Å². The number of likely N-dealkylation sites (tertiary alicyclic amines) is 2. The molecule has 0 aliphatic carbocycles. The molecular weight excluding hydrogens is 811 g/mol. The normalized spacial score (nSPS) is 17.4. The number of hydrogen-bond acceptors (Lipinski definition) is 9. The lowest BCUT2D eigenvalue weighted by molar-refractivity contribution is -0.188. The molecule has 340 valence electrons. The zero-order valence-corrected chi connectivity index (χ0v) is 38.3. The Hall–Kier alpha value is -5.86. The van der Waals surface area contributed by atoms with Gasteiger partial charge in [0.05, 0.1) is 24.1 Å². The van der Waals surface area contributed by atoms with Crippen LogP contribution in [0, 0.1) is 16.7 Å². The van der Waals surface area contributed by atoms with Crippen molar-refractivity contribution in [1.82, 2.24) is 35.1 Å². The van der Waals surface area contributed by atoms with Crippen LogP contribution in [0.15, 0.2) is 73.4 Å². The molecule has 2 N–H and O–H groups in total. The van der Waals surface area contributed by atoms with E-state index >= 15 is 0 Å². The van der Waals surface area contributed by atoms with Gasteiger partial charge in [0.25, 0.3) is 12.4 Å². The van der Waals surface area contributed by atoms with E-state index < -0.39 is 22.9 Å². The monoisotopic (exact) mass is 873 g/mol. The van der Waals surface area contributed by atoms with E-state index in [0.29, 0.717) is 52.2 Å². The molecule has 0 bridgehead atoms. The minimum Gasteiger partial charge on any atom is -0.467 e. The molecule has 3 unspecified atom stereocenters. The number of hydrazine groups is 1. The lowest BCUT2D eigenvalue weighted by atomic mass is 9.70. The molecule has 4 amide bonds. The number of carbonyl (C=O) groups excluding carboxylic acids is 5. The average molecular weight is 874 g/mol. The van der Waals surface area contributed by atoms with Crippen molar-refractivity contribution in [2.75, 3.05) is 46.4 Å². The smallest absolute Gasteiger partial charge is 0.293 e. The molecule has 0 radical (unpaired) electrons. The van der Waals surface area contributed by atoms with Gasteiger partial charge in [-0.2, -0.15) is 0 Å². The maximum Gasteiger partial charge on any atom is 0.293 e. The fourth-order valence-electron chi connectivity index (χ4n) is 9.81. The van der Waals surface area contributed by atoms with Crippen LogP contribution in [0.1, 0.15) is 77.3 Å². The molecule has 0 saturated carbocycles. The van der Waals surface area contributed by atoms with Crippen LogP contribution in [-0.4, -0.2) is 113 Å². The summed E-state index contributed by atoms with van der Waals surface area (Å²) in [7, 11) is 1.68. The first kappa shape index (κ1) is 46.1. The van der Waals surface area contributed by atoms with Crippen molar-refractivity contribution < 1.29 is 33.4 Å². The molecule has 3 atom stereocenters. The van der Waals surface area contributed by atoms with E-state index in [1.165, 1.54) is 6.08 Å². The largest absolute Gasteiger partial charge is 0.467 e. The molecule has 2 aromatic heterocycles. The summed E-state index contributed by atoms with van der Waals surface area (Å²) in [5.41, 5.74) is 9.98. The van der Waals surface area contributed by atoms with Gasteiger partial charge in [0.2, 0.25) is 17.7 Å². The van der Waals surface area contributed by atoms with Gasteiger partial charge in [-0.05, 0) is 91.6 Å². The first-order chi connectivity index (χ1) is 30.6. The predicted octanol–water partition coefficient (Wildman–Crippen LogP) is 5.88. The summed E-state index contributed by atoms with van der Waals surface area (Å²) in [6.45, 7) is 19.3. The SMILES string of the molecule is C=CC(=O)N1CC2(C1)CN(C(C(=O)NC(Cc1cccc(-c3ccc4c(c3)c(CC(C)(C)COC=O)c(-c3cccnc3C(C)OC)n4CC)c1)C(=O)N1CCCCN1)C(C)C)C2=O. The van der Waals surface area contributed by atoms with Crippen molar-refractivity contribution in [3.05, 3.63) is 90.3 Å². The number of aromatic nitrogens is 2. The minimum absolute atomic E-state index is 0.146. The second-order valence-electron chi connectivity index (χ2n) is 18.7. The van der Waals surface area contributed by atoms with Gasteiger partial charge in [-0.25, -0.2) is 5.43 Å². The number of nitrogens with zero attached hydrogens (tertiary/aromatic N) is 5. The molecule has 3 fully saturated rings. The third-order valence-corrected chi connectivity index (χ3v) is 13.1. The molecule has 5 heterocycles. The summed E-state index contributed by atoms with van der Waals surface area (Å²) in [6, 6.07) is 16.9. The van der Waals surface area contributed by atoms with Crippen LogP contribution in [-0.2, 0) is 52.8 Å². The zero-order valence-electron chi connectivity index (χ0n) is 38.3. The molecule has 64 heavy (non-hydrogen) atoms. The Kier molecular flexibility index (Phi) is 13.8. The van der Waals surface area contributed by atoms with Gasteiger partial charge in [-0.15, -0.1) is 0 Å².